The van der Waals surface area contributed by atoms with Crippen molar-refractivity contribution in [1.82, 2.24) is 45.9 Å². The fraction of sp³-hybridized carbons (Fsp3) is 0.210. The topological polar surface area (TPSA) is 315 Å². The lowest BCUT2D eigenvalue weighted by molar-refractivity contribution is -0.209. The molecule has 6 aromatic heterocycles. The number of esters is 1. The van der Waals surface area contributed by atoms with Crippen LogP contribution in [-0.4, -0.2) is 98.8 Å². The Morgan fingerprint density at radius 2 is 0.636 bits per heavy atom. The molecule has 3 atom stereocenters. The van der Waals surface area contributed by atoms with Crippen LogP contribution in [0.25, 0.3) is 32.7 Å². The number of carbonyl (C=O) groups is 7. The van der Waals surface area contributed by atoms with Crippen molar-refractivity contribution in [3.63, 3.8) is 0 Å². The summed E-state index contributed by atoms with van der Waals surface area (Å²) in [4.78, 5) is 124. The number of aromatic nitrogens is 6. The minimum Gasteiger partial charge on any atom is -0.497 e. The molecule has 12 aromatic rings. The SMILES string of the molecule is COc1ccc2[nH]c(C)c(CC(=O)N[C@@](C)(C(=O)Nc3ccc(C(OC(=O)C(F)(F)F)(c4ccc(NC(=O)[C@](C)(NC(=O)Cc5c(C)[nH]c6ccc(OC)cc56)c5ccncc5)cc4)c4ccc(NC(=O)[C@](C)(NC(=O)Cc5c(C)[nH]c6ccc(OC)cc56)c5ccncc5)cc4)cc3)c3ccncc3)c2c1. The van der Waals surface area contributed by atoms with Crippen molar-refractivity contribution < 1.29 is 65.7 Å². The third kappa shape index (κ3) is 15.0. The van der Waals surface area contributed by atoms with Crippen LogP contribution in [0.4, 0.5) is 30.2 Å². The molecule has 0 aliphatic heterocycles. The number of nitrogens with one attached hydrogen (secondary N) is 9. The molecule has 26 heteroatoms. The number of methoxy groups -OCH3 is 3. The van der Waals surface area contributed by atoms with Crippen LogP contribution in [0.1, 0.15) is 87.9 Å². The number of anilines is 3. The summed E-state index contributed by atoms with van der Waals surface area (Å²) in [7, 11) is 4.60. The molecule has 6 amide bonds. The molecule has 6 heterocycles. The van der Waals surface area contributed by atoms with Gasteiger partial charge >= 0.3 is 12.1 Å². The fourth-order valence-electron chi connectivity index (χ4n) is 13.4. The maximum Gasteiger partial charge on any atom is 0.490 e. The van der Waals surface area contributed by atoms with E-state index >= 15 is 13.2 Å². The summed E-state index contributed by atoms with van der Waals surface area (Å²) in [5.41, 5.74) is -0.477. The Labute approximate surface area is 611 Å². The summed E-state index contributed by atoms with van der Waals surface area (Å²) in [6, 6.07) is 42.0. The van der Waals surface area contributed by atoms with Gasteiger partial charge < -0.3 is 65.8 Å². The number of alkyl halides is 3. The molecule has 0 spiro atoms. The number of aromatic amines is 3. The van der Waals surface area contributed by atoms with Gasteiger partial charge in [0.25, 0.3) is 17.7 Å². The standard InChI is InChI=1S/C81H75F3N12O11/c1-46-61(64-40-58(104-7)22-25-67(64)88-46)43-70(97)94-77(4,49-28-34-85-35-29-49)73(100)91-55-16-10-52(11-17-55)80(107-76(103)81(82,83)84,53-12-18-56(19-13-53)92-74(101)78(5,50-30-36-86-37-31-50)95-71(98)44-62-47(2)89-68-26-23-59(105-8)41-65(62)68)54-14-20-57(21-15-54)93-75(102)79(6,51-32-38-87-39-33-51)96-72(99)45-63-48(3)90-69-27-24-60(106-9)42-66(63)69/h10-42,88-90H,43-45H2,1-9H3,(H,91,100)(H,92,101)(H,93,102)(H,94,97)(H,95,98)(H,96,99)/t77-,78-,79-/m1/s1. The van der Waals surface area contributed by atoms with Gasteiger partial charge in [0, 0.05) is 121 Å². The Kier molecular flexibility index (Phi) is 20.6. The van der Waals surface area contributed by atoms with E-state index in [2.05, 4.69) is 61.8 Å². The van der Waals surface area contributed by atoms with Crippen LogP contribution in [0.5, 0.6) is 17.2 Å². The third-order valence-electron chi connectivity index (χ3n) is 19.4. The average Bonchev–Trinajstić information content (AvgIpc) is 1.62. The van der Waals surface area contributed by atoms with Crippen LogP contribution < -0.4 is 46.1 Å². The number of amides is 6. The number of benzene rings is 6. The van der Waals surface area contributed by atoms with Gasteiger partial charge in [-0.3, -0.25) is 43.7 Å². The maximum absolute atomic E-state index is 15.1. The van der Waals surface area contributed by atoms with Crippen molar-refractivity contribution in [2.45, 2.75) is 89.2 Å². The van der Waals surface area contributed by atoms with Crippen molar-refractivity contribution in [3.05, 3.63) is 268 Å². The summed E-state index contributed by atoms with van der Waals surface area (Å²) in [6.45, 7) is 10.0. The van der Waals surface area contributed by atoms with E-state index in [4.69, 9.17) is 18.9 Å². The number of ether oxygens (including phenoxy) is 4. The van der Waals surface area contributed by atoms with Crippen molar-refractivity contribution in [1.29, 1.82) is 0 Å². The van der Waals surface area contributed by atoms with Gasteiger partial charge in [0.1, 0.15) is 33.9 Å². The predicted octanol–water partition coefficient (Wildman–Crippen LogP) is 12.3. The first-order valence-electron chi connectivity index (χ1n) is 33.8. The second-order valence-electron chi connectivity index (χ2n) is 26.3. The van der Waals surface area contributed by atoms with Gasteiger partial charge in [-0.1, -0.05) is 36.4 Å². The third-order valence-corrected chi connectivity index (χ3v) is 19.4. The van der Waals surface area contributed by atoms with Gasteiger partial charge in [-0.2, -0.15) is 13.2 Å². The molecular formula is C81H75F3N12O11. The lowest BCUT2D eigenvalue weighted by Gasteiger charge is -2.36. The molecule has 546 valence electrons. The smallest absolute Gasteiger partial charge is 0.490 e. The quantitative estimate of drug-likeness (QED) is 0.0190. The number of nitrogens with zero attached hydrogens (tertiary/aromatic N) is 3. The zero-order valence-electron chi connectivity index (χ0n) is 59.6. The van der Waals surface area contributed by atoms with Crippen molar-refractivity contribution in [2.75, 3.05) is 37.3 Å². The molecule has 0 aliphatic rings. The minimum absolute atomic E-state index is 0.0855. The maximum atomic E-state index is 15.1. The van der Waals surface area contributed by atoms with E-state index in [1.165, 1.54) is 152 Å². The molecule has 0 radical (unpaired) electrons. The lowest BCUT2D eigenvalue weighted by atomic mass is 9.79. The largest absolute Gasteiger partial charge is 0.497 e. The number of aryl methyl sites for hydroxylation is 3. The van der Waals surface area contributed by atoms with E-state index in [9.17, 15) is 33.6 Å². The first kappa shape index (κ1) is 73.6. The molecule has 0 bridgehead atoms. The van der Waals surface area contributed by atoms with E-state index in [1.807, 2.05) is 39.0 Å². The number of pyridine rings is 3. The Balaban J connectivity index is 0.892. The second-order valence-corrected chi connectivity index (χ2v) is 26.3. The van der Waals surface area contributed by atoms with Gasteiger partial charge in [-0.15, -0.1) is 0 Å². The predicted molar refractivity (Wildman–Crippen MR) is 396 cm³/mol. The zero-order chi connectivity index (χ0) is 76.2. The van der Waals surface area contributed by atoms with Gasteiger partial charge in [-0.05, 0) is 202 Å². The summed E-state index contributed by atoms with van der Waals surface area (Å²) >= 11 is 0. The Morgan fingerprint density at radius 3 is 0.879 bits per heavy atom. The summed E-state index contributed by atoms with van der Waals surface area (Å²) in [5.74, 6) is -4.69. The fourth-order valence-corrected chi connectivity index (χ4v) is 13.4. The number of carbonyl (C=O) groups excluding carboxylic acids is 7. The molecule has 107 heavy (non-hydrogen) atoms. The van der Waals surface area contributed by atoms with Crippen LogP contribution >= 0.6 is 0 Å². The number of fused-ring (bicyclic) bond motifs is 3. The first-order valence-corrected chi connectivity index (χ1v) is 33.8. The summed E-state index contributed by atoms with van der Waals surface area (Å²) < 4.78 is 67.6. The minimum atomic E-state index is -5.61. The highest BCUT2D eigenvalue weighted by atomic mass is 19.4. The Morgan fingerprint density at radius 1 is 0.374 bits per heavy atom. The van der Waals surface area contributed by atoms with Crippen LogP contribution in [-0.2, 0) is 79.8 Å². The molecular weight excluding hydrogens is 1370 g/mol. The molecule has 0 aliphatic carbocycles. The normalized spacial score (nSPS) is 13.3. The average molecular weight is 1450 g/mol. The number of rotatable bonds is 25. The van der Waals surface area contributed by atoms with E-state index in [1.54, 1.807) is 72.8 Å². The van der Waals surface area contributed by atoms with Gasteiger partial charge in [-0.25, -0.2) is 4.79 Å². The highest BCUT2D eigenvalue weighted by molar-refractivity contribution is 6.04. The number of H-pyrrole nitrogens is 3. The summed E-state index contributed by atoms with van der Waals surface area (Å²) in [5, 5.41) is 19.6. The molecule has 6 aromatic carbocycles. The molecule has 23 nitrogen and oxygen atoms in total. The van der Waals surface area contributed by atoms with Crippen molar-refractivity contribution in [2.24, 2.45) is 0 Å². The van der Waals surface area contributed by atoms with Gasteiger partial charge in [0.2, 0.25) is 17.7 Å². The van der Waals surface area contributed by atoms with Crippen molar-refractivity contribution in [3.8, 4) is 17.2 Å². The summed E-state index contributed by atoms with van der Waals surface area (Å²) in [6.07, 6.45) is 2.69. The highest BCUT2D eigenvalue weighted by Crippen LogP contribution is 2.44. The lowest BCUT2D eigenvalue weighted by Crippen LogP contribution is -2.52. The first-order chi connectivity index (χ1) is 51.1. The number of hydrogen-bond donors (Lipinski definition) is 9. The van der Waals surface area contributed by atoms with E-state index in [-0.39, 0.29) is 53.0 Å². The molecule has 9 N–H and O–H groups in total. The second kappa shape index (κ2) is 29.9. The number of hydrogen-bond acceptors (Lipinski definition) is 14. The van der Waals surface area contributed by atoms with E-state index < -0.39 is 69.8 Å². The number of halogens is 3. The molecule has 0 fully saturated rings. The van der Waals surface area contributed by atoms with Gasteiger partial charge in [0.15, 0.2) is 5.60 Å². The van der Waals surface area contributed by atoms with Crippen LogP contribution in [0, 0.1) is 20.8 Å². The Bertz CT molecular complexity index is 4860. The molecule has 12 rings (SSSR count). The highest BCUT2D eigenvalue weighted by Gasteiger charge is 2.50. The Hall–Kier alpha value is -13.1. The van der Waals surface area contributed by atoms with E-state index in [0.29, 0.717) is 50.6 Å². The zero-order valence-corrected chi connectivity index (χ0v) is 59.6. The molecule has 0 saturated carbocycles. The van der Waals surface area contributed by atoms with E-state index in [0.717, 1.165) is 49.8 Å². The van der Waals surface area contributed by atoms with Crippen molar-refractivity contribution >= 4 is 91.2 Å². The van der Waals surface area contributed by atoms with Crippen LogP contribution in [0.2, 0.25) is 0 Å². The van der Waals surface area contributed by atoms with Crippen LogP contribution in [0.15, 0.2) is 201 Å². The van der Waals surface area contributed by atoms with Crippen LogP contribution in [0.3, 0.4) is 0 Å². The molecule has 0 saturated heterocycles. The monoisotopic (exact) mass is 1450 g/mol. The van der Waals surface area contributed by atoms with Gasteiger partial charge in [0.05, 0.1) is 40.6 Å². The molecule has 0 unspecified atom stereocenters.